The van der Waals surface area contributed by atoms with Crippen molar-refractivity contribution in [1.29, 1.82) is 0 Å². The highest BCUT2D eigenvalue weighted by molar-refractivity contribution is 9.10. The van der Waals surface area contributed by atoms with Crippen molar-refractivity contribution in [1.82, 2.24) is 9.55 Å². The van der Waals surface area contributed by atoms with E-state index in [2.05, 4.69) is 65.4 Å². The molecule has 0 saturated carbocycles. The van der Waals surface area contributed by atoms with Gasteiger partial charge in [0.05, 0.1) is 5.69 Å². The molecule has 17 heavy (non-hydrogen) atoms. The monoisotopic (exact) mass is 292 g/mol. The van der Waals surface area contributed by atoms with Crippen molar-refractivity contribution in [2.24, 2.45) is 7.05 Å². The second kappa shape index (κ2) is 4.30. The Balaban J connectivity index is 2.72. The highest BCUT2D eigenvalue weighted by Crippen LogP contribution is 2.32. The molecular weight excluding hydrogens is 276 g/mol. The molecular formula is C14H17BrN2. The van der Waals surface area contributed by atoms with Crippen LogP contribution in [0.25, 0.3) is 11.3 Å². The first-order valence-corrected chi connectivity index (χ1v) is 6.48. The van der Waals surface area contributed by atoms with Crippen LogP contribution in [0.2, 0.25) is 0 Å². The summed E-state index contributed by atoms with van der Waals surface area (Å²) in [6.07, 6.45) is 0. The minimum absolute atomic E-state index is 0.920. The molecule has 90 valence electrons. The number of hydrogen-bond acceptors (Lipinski definition) is 1. The van der Waals surface area contributed by atoms with E-state index in [1.165, 1.54) is 22.3 Å². The quantitative estimate of drug-likeness (QED) is 0.774. The van der Waals surface area contributed by atoms with Crippen molar-refractivity contribution >= 4 is 15.9 Å². The Morgan fingerprint density at radius 1 is 1.00 bits per heavy atom. The van der Waals surface area contributed by atoms with Crippen LogP contribution in [-0.2, 0) is 7.05 Å². The predicted octanol–water partition coefficient (Wildman–Crippen LogP) is 4.08. The molecule has 2 nitrogen and oxygen atoms in total. The molecule has 0 atom stereocenters. The van der Waals surface area contributed by atoms with E-state index in [-0.39, 0.29) is 0 Å². The first kappa shape index (κ1) is 12.4. The molecule has 2 rings (SSSR count). The lowest BCUT2D eigenvalue weighted by atomic mass is 9.99. The summed E-state index contributed by atoms with van der Waals surface area (Å²) < 4.78 is 3.05. The van der Waals surface area contributed by atoms with Crippen LogP contribution in [0.1, 0.15) is 22.5 Å². The summed E-state index contributed by atoms with van der Waals surface area (Å²) in [5.74, 6) is 1.02. The van der Waals surface area contributed by atoms with E-state index in [4.69, 9.17) is 0 Å². The second-order valence-electron chi connectivity index (χ2n) is 4.61. The Labute approximate surface area is 111 Å². The van der Waals surface area contributed by atoms with E-state index in [1.54, 1.807) is 0 Å². The Morgan fingerprint density at radius 3 is 2.12 bits per heavy atom. The van der Waals surface area contributed by atoms with Gasteiger partial charge in [-0.15, -0.1) is 0 Å². The largest absolute Gasteiger partial charge is 0.330 e. The number of aryl methyl sites for hydroxylation is 4. The van der Waals surface area contributed by atoms with Crippen LogP contribution in [0.4, 0.5) is 0 Å². The number of aromatic nitrogens is 2. The summed E-state index contributed by atoms with van der Waals surface area (Å²) in [7, 11) is 2.05. The molecule has 0 saturated heterocycles. The van der Waals surface area contributed by atoms with Gasteiger partial charge in [-0.05, 0) is 66.4 Å². The maximum atomic E-state index is 4.46. The van der Waals surface area contributed by atoms with Gasteiger partial charge in [0.2, 0.25) is 0 Å². The highest BCUT2D eigenvalue weighted by atomic mass is 79.9. The number of imidazole rings is 1. The SMILES string of the molecule is Cc1cc(C)c(-c2c(Br)nc(C)n2C)cc1C. The third kappa shape index (κ3) is 2.04. The summed E-state index contributed by atoms with van der Waals surface area (Å²) in [6, 6.07) is 4.48. The molecule has 1 aromatic carbocycles. The minimum Gasteiger partial charge on any atom is -0.330 e. The lowest BCUT2D eigenvalue weighted by Gasteiger charge is -2.11. The van der Waals surface area contributed by atoms with Crippen LogP contribution in [0.3, 0.4) is 0 Å². The van der Waals surface area contributed by atoms with E-state index < -0.39 is 0 Å². The summed E-state index contributed by atoms with van der Waals surface area (Å²) >= 11 is 3.55. The van der Waals surface area contributed by atoms with Gasteiger partial charge in [0.25, 0.3) is 0 Å². The van der Waals surface area contributed by atoms with Crippen molar-refractivity contribution in [2.45, 2.75) is 27.7 Å². The molecule has 0 N–H and O–H groups in total. The number of hydrogen-bond donors (Lipinski definition) is 0. The average Bonchev–Trinajstić information content (AvgIpc) is 2.48. The fraction of sp³-hybridized carbons (Fsp3) is 0.357. The van der Waals surface area contributed by atoms with Crippen molar-refractivity contribution in [3.63, 3.8) is 0 Å². The van der Waals surface area contributed by atoms with Crippen LogP contribution >= 0.6 is 15.9 Å². The standard InChI is InChI=1S/C14H17BrN2/c1-8-6-10(3)12(7-9(8)2)13-14(15)16-11(4)17(13)5/h6-7H,1-5H3. The van der Waals surface area contributed by atoms with Gasteiger partial charge in [-0.1, -0.05) is 6.07 Å². The topological polar surface area (TPSA) is 17.8 Å². The zero-order valence-electron chi connectivity index (χ0n) is 10.9. The smallest absolute Gasteiger partial charge is 0.132 e. The molecule has 0 aliphatic heterocycles. The summed E-state index contributed by atoms with van der Waals surface area (Å²) in [4.78, 5) is 4.46. The third-order valence-corrected chi connectivity index (χ3v) is 3.92. The molecule has 0 aliphatic carbocycles. The van der Waals surface area contributed by atoms with Crippen LogP contribution in [0, 0.1) is 27.7 Å². The minimum atomic E-state index is 0.920. The van der Waals surface area contributed by atoms with Gasteiger partial charge < -0.3 is 4.57 Å². The van der Waals surface area contributed by atoms with Gasteiger partial charge in [-0.2, -0.15) is 0 Å². The first-order chi connectivity index (χ1) is 7.91. The number of nitrogens with zero attached hydrogens (tertiary/aromatic N) is 2. The van der Waals surface area contributed by atoms with Gasteiger partial charge in [0.1, 0.15) is 10.4 Å². The first-order valence-electron chi connectivity index (χ1n) is 5.69. The lowest BCUT2D eigenvalue weighted by Crippen LogP contribution is -1.97. The van der Waals surface area contributed by atoms with Crippen LogP contribution in [0.5, 0.6) is 0 Å². The summed E-state index contributed by atoms with van der Waals surface area (Å²) in [5.41, 5.74) is 6.35. The molecule has 0 aliphatic rings. The summed E-state index contributed by atoms with van der Waals surface area (Å²) in [5, 5.41) is 0. The number of halogens is 1. The molecule has 0 spiro atoms. The van der Waals surface area contributed by atoms with Crippen LogP contribution in [-0.4, -0.2) is 9.55 Å². The fourth-order valence-corrected chi connectivity index (χ4v) is 2.81. The van der Waals surface area contributed by atoms with Crippen molar-refractivity contribution in [3.05, 3.63) is 39.3 Å². The Bertz CT molecular complexity index is 582. The van der Waals surface area contributed by atoms with E-state index in [0.717, 1.165) is 16.1 Å². The van der Waals surface area contributed by atoms with Crippen molar-refractivity contribution < 1.29 is 0 Å². The summed E-state index contributed by atoms with van der Waals surface area (Å²) in [6.45, 7) is 8.46. The highest BCUT2D eigenvalue weighted by Gasteiger charge is 2.14. The second-order valence-corrected chi connectivity index (χ2v) is 5.36. The maximum Gasteiger partial charge on any atom is 0.132 e. The van der Waals surface area contributed by atoms with Crippen molar-refractivity contribution in [3.8, 4) is 11.3 Å². The molecule has 2 aromatic rings. The molecule has 0 amide bonds. The fourth-order valence-electron chi connectivity index (χ4n) is 2.08. The number of benzene rings is 1. The molecule has 1 aromatic heterocycles. The van der Waals surface area contributed by atoms with Crippen molar-refractivity contribution in [2.75, 3.05) is 0 Å². The Hall–Kier alpha value is -1.09. The van der Waals surface area contributed by atoms with Gasteiger partial charge in [-0.3, -0.25) is 0 Å². The van der Waals surface area contributed by atoms with E-state index in [9.17, 15) is 0 Å². The van der Waals surface area contributed by atoms with E-state index in [1.807, 2.05) is 6.92 Å². The normalized spacial score (nSPS) is 10.9. The van der Waals surface area contributed by atoms with Gasteiger partial charge in [-0.25, -0.2) is 4.98 Å². The molecule has 0 radical (unpaired) electrons. The lowest BCUT2D eigenvalue weighted by molar-refractivity contribution is 0.864. The van der Waals surface area contributed by atoms with Crippen LogP contribution < -0.4 is 0 Å². The third-order valence-electron chi connectivity index (χ3n) is 3.37. The Morgan fingerprint density at radius 2 is 1.59 bits per heavy atom. The number of rotatable bonds is 1. The van der Waals surface area contributed by atoms with E-state index >= 15 is 0 Å². The molecule has 0 bridgehead atoms. The molecule has 1 heterocycles. The molecule has 0 fully saturated rings. The zero-order valence-corrected chi connectivity index (χ0v) is 12.5. The maximum absolute atomic E-state index is 4.46. The van der Waals surface area contributed by atoms with Gasteiger partial charge in [0, 0.05) is 12.6 Å². The zero-order chi connectivity index (χ0) is 12.7. The van der Waals surface area contributed by atoms with Gasteiger partial charge >= 0.3 is 0 Å². The predicted molar refractivity (Wildman–Crippen MR) is 75.3 cm³/mol. The average molecular weight is 293 g/mol. The van der Waals surface area contributed by atoms with Gasteiger partial charge in [0.15, 0.2) is 0 Å². The molecule has 0 unspecified atom stereocenters. The van der Waals surface area contributed by atoms with E-state index in [0.29, 0.717) is 0 Å². The van der Waals surface area contributed by atoms with Crippen LogP contribution in [0.15, 0.2) is 16.7 Å². The molecule has 3 heteroatoms. The Kier molecular flexibility index (Phi) is 3.13.